The molecule has 12 nitrogen and oxygen atoms in total. The first-order valence-corrected chi connectivity index (χ1v) is 13.6. The van der Waals surface area contributed by atoms with E-state index in [1.807, 2.05) is 30.3 Å². The number of carbonyl (C=O) groups is 5. The average molecular weight is 585 g/mol. The first kappa shape index (κ1) is 33.6. The molecule has 0 aliphatic rings. The maximum atomic E-state index is 13.4. The van der Waals surface area contributed by atoms with Gasteiger partial charge in [0, 0.05) is 12.8 Å². The molecular weight excluding hydrogens is 544 g/mol. The van der Waals surface area contributed by atoms with Crippen LogP contribution in [0.4, 0.5) is 4.79 Å². The Labute approximate surface area is 245 Å². The lowest BCUT2D eigenvalue weighted by atomic mass is 10.0. The lowest BCUT2D eigenvalue weighted by molar-refractivity contribution is -0.143. The minimum absolute atomic E-state index is 0.0526. The number of benzene rings is 2. The second-order valence-corrected chi connectivity index (χ2v) is 10.4. The van der Waals surface area contributed by atoms with Crippen molar-refractivity contribution in [2.24, 2.45) is 5.73 Å². The lowest BCUT2D eigenvalue weighted by Crippen LogP contribution is -2.55. The molecule has 12 heteroatoms. The number of hydrogen-bond donors (Lipinski definition) is 4. The van der Waals surface area contributed by atoms with Crippen molar-refractivity contribution in [3.05, 3.63) is 65.7 Å². The molecule has 2 atom stereocenters. The van der Waals surface area contributed by atoms with Gasteiger partial charge in [0.2, 0.25) is 17.7 Å². The summed E-state index contributed by atoms with van der Waals surface area (Å²) in [5, 5.41) is 7.50. The highest BCUT2D eigenvalue weighted by Crippen LogP contribution is 2.16. The Bertz CT molecular complexity index is 1200. The fraction of sp³-hybridized carbons (Fsp3) is 0.433. The minimum atomic E-state index is -1.21. The van der Waals surface area contributed by atoms with E-state index in [0.717, 1.165) is 5.56 Å². The molecule has 0 saturated carbocycles. The number of nitrogens with two attached hydrogens (primary N) is 1. The van der Waals surface area contributed by atoms with E-state index in [1.54, 1.807) is 52.0 Å². The second-order valence-electron chi connectivity index (χ2n) is 10.4. The molecule has 4 amide bonds. The summed E-state index contributed by atoms with van der Waals surface area (Å²) in [6.07, 6.45) is -1.10. The van der Waals surface area contributed by atoms with E-state index >= 15 is 0 Å². The number of hydrogen-bond acceptors (Lipinski definition) is 8. The summed E-state index contributed by atoms with van der Waals surface area (Å²) in [4.78, 5) is 61.8. The Morgan fingerprint density at radius 2 is 1.52 bits per heavy atom. The van der Waals surface area contributed by atoms with Crippen molar-refractivity contribution in [1.82, 2.24) is 16.0 Å². The summed E-state index contributed by atoms with van der Waals surface area (Å²) in [7, 11) is 0. The SMILES string of the molecule is CCOC(=O)CNC(=O)[C@H](CCC(N)=O)NC(=O)[C@@H](Cc1ccc(OCc2ccccc2)cc1)NC(=O)OC(C)(C)C. The molecule has 0 unspecified atom stereocenters. The number of carbonyl (C=O) groups excluding carboxylic acids is 5. The Balaban J connectivity index is 2.16. The maximum Gasteiger partial charge on any atom is 0.408 e. The molecule has 0 heterocycles. The van der Waals surface area contributed by atoms with Gasteiger partial charge in [-0.25, -0.2) is 4.79 Å². The summed E-state index contributed by atoms with van der Waals surface area (Å²) < 4.78 is 15.9. The van der Waals surface area contributed by atoms with Crippen molar-refractivity contribution < 1.29 is 38.2 Å². The highest BCUT2D eigenvalue weighted by Gasteiger charge is 2.29. The summed E-state index contributed by atoms with van der Waals surface area (Å²) in [5.74, 6) is -2.13. The maximum absolute atomic E-state index is 13.4. The van der Waals surface area contributed by atoms with Crippen molar-refractivity contribution in [3.63, 3.8) is 0 Å². The minimum Gasteiger partial charge on any atom is -0.489 e. The molecule has 0 saturated heterocycles. The zero-order valence-corrected chi connectivity index (χ0v) is 24.4. The monoisotopic (exact) mass is 584 g/mol. The van der Waals surface area contributed by atoms with Gasteiger partial charge < -0.3 is 35.9 Å². The van der Waals surface area contributed by atoms with Gasteiger partial charge in [-0.3, -0.25) is 19.2 Å². The van der Waals surface area contributed by atoms with Crippen LogP contribution in [-0.2, 0) is 41.7 Å². The topological polar surface area (TPSA) is 175 Å². The molecular formula is C30H40N4O8. The Morgan fingerprint density at radius 1 is 0.857 bits per heavy atom. The van der Waals surface area contributed by atoms with E-state index in [1.165, 1.54) is 0 Å². The fourth-order valence-corrected chi connectivity index (χ4v) is 3.68. The molecule has 228 valence electrons. The van der Waals surface area contributed by atoms with Crippen molar-refractivity contribution in [2.75, 3.05) is 13.2 Å². The quantitative estimate of drug-likeness (QED) is 0.230. The normalized spacial score (nSPS) is 12.3. The van der Waals surface area contributed by atoms with Crippen LogP contribution in [0, 0.1) is 0 Å². The van der Waals surface area contributed by atoms with E-state index in [9.17, 15) is 24.0 Å². The summed E-state index contributed by atoms with van der Waals surface area (Å²) in [6.45, 7) is 6.77. The van der Waals surface area contributed by atoms with Crippen LogP contribution in [0.3, 0.4) is 0 Å². The third kappa shape index (κ3) is 13.2. The highest BCUT2D eigenvalue weighted by molar-refractivity contribution is 5.92. The smallest absolute Gasteiger partial charge is 0.408 e. The molecule has 0 fully saturated rings. The van der Waals surface area contributed by atoms with Crippen LogP contribution in [0.5, 0.6) is 5.75 Å². The van der Waals surface area contributed by atoms with Crippen molar-refractivity contribution in [2.45, 2.75) is 71.2 Å². The standard InChI is InChI=1S/C30H40N4O8/c1-5-40-26(36)18-32-27(37)23(15-16-25(31)35)33-28(38)24(34-29(39)42-30(2,3)4)17-20-11-13-22(14-12-20)41-19-21-9-7-6-8-10-21/h6-14,23-24H,5,15-19H2,1-4H3,(H2,31,35)(H,32,37)(H,33,38)(H,34,39)/t23-,24+/m0/s1. The molecule has 2 aromatic rings. The molecule has 0 aromatic heterocycles. The molecule has 42 heavy (non-hydrogen) atoms. The van der Waals surface area contributed by atoms with Crippen LogP contribution in [0.15, 0.2) is 54.6 Å². The zero-order chi connectivity index (χ0) is 31.1. The largest absolute Gasteiger partial charge is 0.489 e. The zero-order valence-electron chi connectivity index (χ0n) is 24.4. The average Bonchev–Trinajstić information content (AvgIpc) is 2.92. The van der Waals surface area contributed by atoms with Gasteiger partial charge >= 0.3 is 12.1 Å². The molecule has 0 aliphatic heterocycles. The second kappa shape index (κ2) is 16.6. The highest BCUT2D eigenvalue weighted by atomic mass is 16.6. The number of amides is 4. The molecule has 5 N–H and O–H groups in total. The molecule has 0 spiro atoms. The predicted octanol–water partition coefficient (Wildman–Crippen LogP) is 2.13. The van der Waals surface area contributed by atoms with E-state index in [2.05, 4.69) is 16.0 Å². The van der Waals surface area contributed by atoms with Gasteiger partial charge in [-0.1, -0.05) is 42.5 Å². The first-order valence-electron chi connectivity index (χ1n) is 13.6. The van der Waals surface area contributed by atoms with E-state index in [0.29, 0.717) is 17.9 Å². The van der Waals surface area contributed by atoms with Crippen molar-refractivity contribution in [1.29, 1.82) is 0 Å². The van der Waals surface area contributed by atoms with Crippen LogP contribution >= 0.6 is 0 Å². The van der Waals surface area contributed by atoms with Crippen molar-refractivity contribution in [3.8, 4) is 5.75 Å². The van der Waals surface area contributed by atoms with Gasteiger partial charge in [-0.2, -0.15) is 0 Å². The van der Waals surface area contributed by atoms with Crippen LogP contribution in [-0.4, -0.2) is 60.6 Å². The van der Waals surface area contributed by atoms with Crippen molar-refractivity contribution >= 4 is 29.8 Å². The van der Waals surface area contributed by atoms with Crippen LogP contribution in [0.2, 0.25) is 0 Å². The fourth-order valence-electron chi connectivity index (χ4n) is 3.68. The van der Waals surface area contributed by atoms with E-state index in [4.69, 9.17) is 19.9 Å². The van der Waals surface area contributed by atoms with Crippen LogP contribution in [0.25, 0.3) is 0 Å². The van der Waals surface area contributed by atoms with Gasteiger partial charge in [-0.05, 0) is 57.4 Å². The molecule has 0 bridgehead atoms. The third-order valence-corrected chi connectivity index (χ3v) is 5.64. The number of primary amides is 1. The molecule has 2 aromatic carbocycles. The number of ether oxygens (including phenoxy) is 3. The Morgan fingerprint density at radius 3 is 2.12 bits per heavy atom. The summed E-state index contributed by atoms with van der Waals surface area (Å²) >= 11 is 0. The van der Waals surface area contributed by atoms with Crippen LogP contribution in [0.1, 0.15) is 51.7 Å². The lowest BCUT2D eigenvalue weighted by Gasteiger charge is -2.25. The molecule has 0 radical (unpaired) electrons. The van der Waals surface area contributed by atoms with E-state index < -0.39 is 54.0 Å². The number of alkyl carbamates (subject to hydrolysis) is 1. The summed E-state index contributed by atoms with van der Waals surface area (Å²) in [5.41, 5.74) is 6.13. The van der Waals surface area contributed by atoms with Gasteiger partial charge in [0.05, 0.1) is 6.61 Å². The number of rotatable bonds is 15. The van der Waals surface area contributed by atoms with Gasteiger partial charge in [-0.15, -0.1) is 0 Å². The Hall–Kier alpha value is -4.61. The molecule has 2 rings (SSSR count). The third-order valence-electron chi connectivity index (χ3n) is 5.64. The number of nitrogens with one attached hydrogen (secondary N) is 3. The van der Waals surface area contributed by atoms with Gasteiger partial charge in [0.1, 0.15) is 36.6 Å². The van der Waals surface area contributed by atoms with Crippen LogP contribution < -0.4 is 26.4 Å². The summed E-state index contributed by atoms with van der Waals surface area (Å²) in [6, 6.07) is 14.3. The molecule has 0 aliphatic carbocycles. The van der Waals surface area contributed by atoms with E-state index in [-0.39, 0.29) is 25.9 Å². The number of esters is 1. The predicted molar refractivity (Wildman–Crippen MR) is 154 cm³/mol. The van der Waals surface area contributed by atoms with Gasteiger partial charge in [0.25, 0.3) is 0 Å². The van der Waals surface area contributed by atoms with Gasteiger partial charge in [0.15, 0.2) is 0 Å². The first-order chi connectivity index (χ1) is 19.9. The Kier molecular flexibility index (Phi) is 13.3.